The summed E-state index contributed by atoms with van der Waals surface area (Å²) in [5.74, 6) is 0.713. The first-order valence-corrected chi connectivity index (χ1v) is 8.02. The zero-order valence-electron chi connectivity index (χ0n) is 12.1. The van der Waals surface area contributed by atoms with Crippen molar-refractivity contribution < 1.29 is 13.2 Å². The number of benzene rings is 1. The standard InChI is InChI=1S/C13H21N3O3S/c1-10-4-5-12(11(2)13(10)19-3)15-20(17,18)16-8-6-14-7-9-16/h4-5,14-15H,6-9H2,1-3H3. The first-order valence-electron chi connectivity index (χ1n) is 6.58. The quantitative estimate of drug-likeness (QED) is 0.865. The Bertz CT molecular complexity index is 581. The van der Waals surface area contributed by atoms with Crippen LogP contribution in [0.1, 0.15) is 11.1 Å². The Labute approximate surface area is 120 Å². The van der Waals surface area contributed by atoms with Gasteiger partial charge in [-0.15, -0.1) is 0 Å². The van der Waals surface area contributed by atoms with Gasteiger partial charge in [-0.2, -0.15) is 12.7 Å². The van der Waals surface area contributed by atoms with Gasteiger partial charge in [0.05, 0.1) is 12.8 Å². The summed E-state index contributed by atoms with van der Waals surface area (Å²) < 4.78 is 34.1. The molecule has 7 heteroatoms. The molecule has 1 aromatic carbocycles. The molecule has 0 unspecified atom stereocenters. The van der Waals surface area contributed by atoms with Gasteiger partial charge in [-0.25, -0.2) is 0 Å². The number of hydrogen-bond donors (Lipinski definition) is 2. The molecule has 0 radical (unpaired) electrons. The van der Waals surface area contributed by atoms with Crippen molar-refractivity contribution in [2.75, 3.05) is 38.0 Å². The summed E-state index contributed by atoms with van der Waals surface area (Å²) in [6.07, 6.45) is 0. The highest BCUT2D eigenvalue weighted by molar-refractivity contribution is 7.90. The molecule has 0 bridgehead atoms. The SMILES string of the molecule is COc1c(C)ccc(NS(=O)(=O)N2CCNCC2)c1C. The number of methoxy groups -OCH3 is 1. The van der Waals surface area contributed by atoms with E-state index >= 15 is 0 Å². The van der Waals surface area contributed by atoms with E-state index in [0.717, 1.165) is 11.1 Å². The van der Waals surface area contributed by atoms with Crippen LogP contribution in [0.4, 0.5) is 5.69 Å². The van der Waals surface area contributed by atoms with E-state index in [1.54, 1.807) is 13.2 Å². The minimum Gasteiger partial charge on any atom is -0.496 e. The lowest BCUT2D eigenvalue weighted by Gasteiger charge is -2.27. The van der Waals surface area contributed by atoms with Gasteiger partial charge in [0.2, 0.25) is 0 Å². The molecule has 1 fully saturated rings. The highest BCUT2D eigenvalue weighted by Crippen LogP contribution is 2.30. The van der Waals surface area contributed by atoms with Crippen molar-refractivity contribution in [3.8, 4) is 5.75 Å². The maximum absolute atomic E-state index is 12.3. The number of rotatable bonds is 4. The zero-order chi connectivity index (χ0) is 14.8. The first kappa shape index (κ1) is 15.1. The third kappa shape index (κ3) is 3.05. The summed E-state index contributed by atoms with van der Waals surface area (Å²) >= 11 is 0. The average molecular weight is 299 g/mol. The van der Waals surface area contributed by atoms with Crippen LogP contribution in [0.5, 0.6) is 5.75 Å². The van der Waals surface area contributed by atoms with Crippen LogP contribution in [0, 0.1) is 13.8 Å². The van der Waals surface area contributed by atoms with Crippen LogP contribution in [0.3, 0.4) is 0 Å². The molecule has 1 aromatic rings. The predicted octanol–water partition coefficient (Wildman–Crippen LogP) is 0.874. The summed E-state index contributed by atoms with van der Waals surface area (Å²) in [6.45, 7) is 6.10. The van der Waals surface area contributed by atoms with Crippen molar-refractivity contribution in [3.63, 3.8) is 0 Å². The van der Waals surface area contributed by atoms with E-state index in [9.17, 15) is 8.42 Å². The molecule has 2 N–H and O–H groups in total. The Morgan fingerprint density at radius 2 is 1.90 bits per heavy atom. The number of anilines is 1. The Morgan fingerprint density at radius 3 is 2.50 bits per heavy atom. The fourth-order valence-electron chi connectivity index (χ4n) is 2.34. The molecular formula is C13H21N3O3S. The molecule has 2 rings (SSSR count). The number of hydrogen-bond acceptors (Lipinski definition) is 4. The van der Waals surface area contributed by atoms with Gasteiger partial charge in [-0.1, -0.05) is 6.07 Å². The molecule has 0 spiro atoms. The molecule has 1 aliphatic heterocycles. The summed E-state index contributed by atoms with van der Waals surface area (Å²) in [5, 5.41) is 3.13. The summed E-state index contributed by atoms with van der Waals surface area (Å²) in [6, 6.07) is 3.62. The van der Waals surface area contributed by atoms with Crippen molar-refractivity contribution in [3.05, 3.63) is 23.3 Å². The van der Waals surface area contributed by atoms with Crippen LogP contribution >= 0.6 is 0 Å². The van der Waals surface area contributed by atoms with Crippen LogP contribution in [0.15, 0.2) is 12.1 Å². The summed E-state index contributed by atoms with van der Waals surface area (Å²) in [5.41, 5.74) is 2.34. The monoisotopic (exact) mass is 299 g/mol. The van der Waals surface area contributed by atoms with Crippen molar-refractivity contribution in [1.82, 2.24) is 9.62 Å². The highest BCUT2D eigenvalue weighted by Gasteiger charge is 2.24. The van der Waals surface area contributed by atoms with E-state index in [4.69, 9.17) is 4.74 Å². The van der Waals surface area contributed by atoms with Gasteiger partial charge in [0.15, 0.2) is 0 Å². The minimum atomic E-state index is -3.51. The number of ether oxygens (including phenoxy) is 1. The van der Waals surface area contributed by atoms with E-state index < -0.39 is 10.2 Å². The van der Waals surface area contributed by atoms with Crippen LogP contribution in [-0.4, -0.2) is 46.0 Å². The average Bonchev–Trinajstić information content (AvgIpc) is 2.44. The second kappa shape index (κ2) is 5.99. The van der Waals surface area contributed by atoms with E-state index in [1.165, 1.54) is 4.31 Å². The molecule has 6 nitrogen and oxygen atoms in total. The maximum Gasteiger partial charge on any atom is 0.301 e. The van der Waals surface area contributed by atoms with E-state index in [1.807, 2.05) is 19.9 Å². The summed E-state index contributed by atoms with van der Waals surface area (Å²) in [4.78, 5) is 0. The Morgan fingerprint density at radius 1 is 1.25 bits per heavy atom. The minimum absolute atomic E-state index is 0.484. The largest absolute Gasteiger partial charge is 0.496 e. The molecule has 0 saturated carbocycles. The van der Waals surface area contributed by atoms with Gasteiger partial charge < -0.3 is 10.1 Å². The van der Waals surface area contributed by atoms with Crippen molar-refractivity contribution >= 4 is 15.9 Å². The number of nitrogens with one attached hydrogen (secondary N) is 2. The fraction of sp³-hybridized carbons (Fsp3) is 0.538. The lowest BCUT2D eigenvalue weighted by atomic mass is 10.1. The molecule has 1 heterocycles. The van der Waals surface area contributed by atoms with E-state index in [0.29, 0.717) is 37.6 Å². The second-order valence-electron chi connectivity index (χ2n) is 4.84. The highest BCUT2D eigenvalue weighted by atomic mass is 32.2. The molecule has 0 aromatic heterocycles. The number of piperazine rings is 1. The molecule has 20 heavy (non-hydrogen) atoms. The lowest BCUT2D eigenvalue weighted by Crippen LogP contribution is -2.48. The van der Waals surface area contributed by atoms with Crippen LogP contribution in [0.2, 0.25) is 0 Å². The van der Waals surface area contributed by atoms with Crippen molar-refractivity contribution in [2.24, 2.45) is 0 Å². The van der Waals surface area contributed by atoms with Crippen LogP contribution in [0.25, 0.3) is 0 Å². The number of nitrogens with zero attached hydrogens (tertiary/aromatic N) is 1. The van der Waals surface area contributed by atoms with Gasteiger partial charge in [0.25, 0.3) is 0 Å². The number of aryl methyl sites for hydroxylation is 1. The van der Waals surface area contributed by atoms with Crippen LogP contribution < -0.4 is 14.8 Å². The molecule has 1 aliphatic rings. The molecule has 0 atom stereocenters. The second-order valence-corrected chi connectivity index (χ2v) is 6.52. The summed E-state index contributed by atoms with van der Waals surface area (Å²) in [7, 11) is -1.92. The Balaban J connectivity index is 2.25. The first-order chi connectivity index (χ1) is 9.45. The van der Waals surface area contributed by atoms with Gasteiger partial charge >= 0.3 is 10.2 Å². The van der Waals surface area contributed by atoms with E-state index in [2.05, 4.69) is 10.0 Å². The fourth-order valence-corrected chi connectivity index (χ4v) is 3.63. The topological polar surface area (TPSA) is 70.7 Å². The smallest absolute Gasteiger partial charge is 0.301 e. The third-order valence-electron chi connectivity index (χ3n) is 3.46. The van der Waals surface area contributed by atoms with Crippen LogP contribution in [-0.2, 0) is 10.2 Å². The van der Waals surface area contributed by atoms with Crippen molar-refractivity contribution in [2.45, 2.75) is 13.8 Å². The zero-order valence-corrected chi connectivity index (χ0v) is 12.9. The Hall–Kier alpha value is -1.31. The van der Waals surface area contributed by atoms with Gasteiger partial charge in [0, 0.05) is 31.7 Å². The lowest BCUT2D eigenvalue weighted by molar-refractivity contribution is 0.362. The molecule has 0 amide bonds. The molecular weight excluding hydrogens is 278 g/mol. The molecule has 112 valence electrons. The third-order valence-corrected chi connectivity index (χ3v) is 4.98. The Kier molecular flexibility index (Phi) is 4.52. The van der Waals surface area contributed by atoms with Gasteiger partial charge in [0.1, 0.15) is 5.75 Å². The van der Waals surface area contributed by atoms with Crippen molar-refractivity contribution in [1.29, 1.82) is 0 Å². The van der Waals surface area contributed by atoms with Gasteiger partial charge in [-0.3, -0.25) is 4.72 Å². The normalized spacial score (nSPS) is 16.9. The maximum atomic E-state index is 12.3. The predicted molar refractivity (Wildman–Crippen MR) is 79.5 cm³/mol. The molecule has 1 saturated heterocycles. The molecule has 0 aliphatic carbocycles. The van der Waals surface area contributed by atoms with Gasteiger partial charge in [-0.05, 0) is 25.5 Å². The van der Waals surface area contributed by atoms with E-state index in [-0.39, 0.29) is 0 Å².